The van der Waals surface area contributed by atoms with Gasteiger partial charge in [-0.2, -0.15) is 0 Å². The van der Waals surface area contributed by atoms with E-state index >= 15 is 4.39 Å². The first-order valence-electron chi connectivity index (χ1n) is 11.5. The van der Waals surface area contributed by atoms with Crippen molar-refractivity contribution < 1.29 is 19.1 Å². The third-order valence-electron chi connectivity index (χ3n) is 6.63. The number of nitrogens with two attached hydrogens (primary N) is 1. The maximum absolute atomic E-state index is 15.4. The fourth-order valence-corrected chi connectivity index (χ4v) is 5.99. The van der Waals surface area contributed by atoms with Gasteiger partial charge < -0.3 is 25.1 Å². The van der Waals surface area contributed by atoms with Crippen molar-refractivity contribution in [3.05, 3.63) is 38.5 Å². The minimum absolute atomic E-state index is 0.0377. The maximum atomic E-state index is 15.4. The molecule has 3 heterocycles. The van der Waals surface area contributed by atoms with E-state index in [9.17, 15) is 14.4 Å². The molecule has 186 valence electrons. The van der Waals surface area contributed by atoms with E-state index in [1.54, 1.807) is 6.07 Å². The highest BCUT2D eigenvalue weighted by atomic mass is 32.1. The van der Waals surface area contributed by atoms with Crippen molar-refractivity contribution in [2.75, 3.05) is 31.6 Å². The Labute approximate surface area is 203 Å². The quantitative estimate of drug-likeness (QED) is 0.450. The number of rotatable bonds is 8. The Morgan fingerprint density at radius 2 is 2.11 bits per heavy atom. The van der Waals surface area contributed by atoms with E-state index in [0.29, 0.717) is 35.7 Å². The van der Waals surface area contributed by atoms with Crippen LogP contribution in [0.15, 0.2) is 26.9 Å². The number of fused-ring (bicyclic) bond motifs is 2. The molecule has 3 N–H and O–H groups in total. The molecule has 2 aliphatic rings. The summed E-state index contributed by atoms with van der Waals surface area (Å²) in [6.45, 7) is 1.40. The molecule has 1 atom stereocenters. The van der Waals surface area contributed by atoms with Crippen LogP contribution in [0.2, 0.25) is 0 Å². The molecule has 3 aromatic rings. The van der Waals surface area contributed by atoms with Crippen molar-refractivity contribution in [1.29, 1.82) is 0 Å². The maximum Gasteiger partial charge on any atom is 0.303 e. The van der Waals surface area contributed by atoms with Crippen LogP contribution in [0.5, 0.6) is 0 Å². The first kappa shape index (κ1) is 23.5. The molecule has 12 heteroatoms. The molecule has 1 aromatic carbocycles. The number of carboxylic acids is 1. The second-order valence-electron chi connectivity index (χ2n) is 9.01. The Balaban J connectivity index is 1.66. The number of benzene rings is 1. The lowest BCUT2D eigenvalue weighted by atomic mass is 10.1. The van der Waals surface area contributed by atoms with Crippen LogP contribution in [0, 0.1) is 11.7 Å². The van der Waals surface area contributed by atoms with Crippen molar-refractivity contribution in [3.8, 4) is 0 Å². The van der Waals surface area contributed by atoms with Gasteiger partial charge in [0.25, 0.3) is 5.56 Å². The van der Waals surface area contributed by atoms with Crippen molar-refractivity contribution >= 4 is 50.0 Å². The number of aliphatic carboxylic acids is 1. The summed E-state index contributed by atoms with van der Waals surface area (Å²) >= 11 is 1.17. The number of carboxylic acid groups (broad SMARTS) is 1. The van der Waals surface area contributed by atoms with Gasteiger partial charge in [0.2, 0.25) is 5.43 Å². The molecule has 0 amide bonds. The lowest BCUT2D eigenvalue weighted by molar-refractivity contribution is -0.137. The van der Waals surface area contributed by atoms with Gasteiger partial charge in [0, 0.05) is 43.4 Å². The highest BCUT2D eigenvalue weighted by molar-refractivity contribution is 7.13. The summed E-state index contributed by atoms with van der Waals surface area (Å²) in [6, 6.07) is 3.03. The van der Waals surface area contributed by atoms with E-state index in [4.69, 9.17) is 15.7 Å². The Morgan fingerprint density at radius 1 is 1.34 bits per heavy atom. The van der Waals surface area contributed by atoms with Crippen molar-refractivity contribution in [2.24, 2.45) is 16.8 Å². The Bertz CT molecular complexity index is 1470. The van der Waals surface area contributed by atoms with Gasteiger partial charge in [-0.15, -0.1) is 0 Å². The molecule has 1 aliphatic heterocycles. The van der Waals surface area contributed by atoms with Crippen molar-refractivity contribution in [1.82, 2.24) is 8.52 Å². The second kappa shape index (κ2) is 9.08. The van der Waals surface area contributed by atoms with E-state index in [0.717, 1.165) is 18.6 Å². The number of hydrogen-bond acceptors (Lipinski definition) is 8. The number of nitrogens with zero attached hydrogens (tertiary/aromatic N) is 4. The van der Waals surface area contributed by atoms with E-state index in [1.807, 2.05) is 9.47 Å². The Morgan fingerprint density at radius 3 is 2.77 bits per heavy atom. The zero-order valence-electron chi connectivity index (χ0n) is 19.2. The van der Waals surface area contributed by atoms with Gasteiger partial charge in [-0.1, -0.05) is 5.16 Å². The SMILES string of the molecule is CON=C1CN(c2cc3c(cc2F)c(=O)c2c(=O)n(CCCC(=O)O)sc2n3C2CC2)CC1CN. The number of carbonyl (C=O) groups is 1. The number of aromatic nitrogens is 2. The topological polar surface area (TPSA) is 132 Å². The van der Waals surface area contributed by atoms with Crippen molar-refractivity contribution in [3.63, 3.8) is 0 Å². The molecule has 5 rings (SSSR count). The molecule has 1 saturated heterocycles. The molecule has 2 fully saturated rings. The third-order valence-corrected chi connectivity index (χ3v) is 7.77. The molecule has 10 nitrogen and oxygen atoms in total. The Hall–Kier alpha value is -3.25. The smallest absolute Gasteiger partial charge is 0.303 e. The van der Waals surface area contributed by atoms with Gasteiger partial charge in [-0.3, -0.25) is 18.3 Å². The average molecular weight is 504 g/mol. The molecule has 1 unspecified atom stereocenters. The number of oxime groups is 1. The molecule has 0 bridgehead atoms. The molecule has 1 saturated carbocycles. The minimum Gasteiger partial charge on any atom is -0.481 e. The van der Waals surface area contributed by atoms with Crippen LogP contribution in [0.4, 0.5) is 10.1 Å². The molecular formula is C23H26FN5O5S. The van der Waals surface area contributed by atoms with Crippen molar-refractivity contribution in [2.45, 2.75) is 38.3 Å². The summed E-state index contributed by atoms with van der Waals surface area (Å²) < 4.78 is 18.8. The van der Waals surface area contributed by atoms with E-state index in [2.05, 4.69) is 5.16 Å². The lowest BCUT2D eigenvalue weighted by Gasteiger charge is -2.20. The number of halogens is 1. The zero-order valence-corrected chi connectivity index (χ0v) is 20.0. The van der Waals surface area contributed by atoms with E-state index in [1.165, 1.54) is 28.7 Å². The first-order chi connectivity index (χ1) is 16.8. The average Bonchev–Trinajstić information content (AvgIpc) is 3.49. The molecule has 1 aliphatic carbocycles. The fourth-order valence-electron chi connectivity index (χ4n) is 4.78. The Kier molecular flexibility index (Phi) is 6.09. The fraction of sp³-hybridized carbons (Fsp3) is 0.478. The summed E-state index contributed by atoms with van der Waals surface area (Å²) in [4.78, 5) is 44.6. The van der Waals surface area contributed by atoms with Crippen LogP contribution >= 0.6 is 11.5 Å². The van der Waals surface area contributed by atoms with Gasteiger partial charge in [0.05, 0.1) is 23.5 Å². The normalized spacial score (nSPS) is 19.3. The largest absolute Gasteiger partial charge is 0.481 e. The molecule has 0 radical (unpaired) electrons. The van der Waals surface area contributed by atoms with E-state index in [-0.39, 0.29) is 42.1 Å². The number of aryl methyl sites for hydroxylation is 1. The summed E-state index contributed by atoms with van der Waals surface area (Å²) in [6.07, 6.45) is 2.00. The molecular weight excluding hydrogens is 477 g/mol. The predicted octanol–water partition coefficient (Wildman–Crippen LogP) is 2.11. The predicted molar refractivity (Wildman–Crippen MR) is 132 cm³/mol. The highest BCUT2D eigenvalue weighted by Gasteiger charge is 2.33. The second-order valence-corrected chi connectivity index (χ2v) is 10.0. The summed E-state index contributed by atoms with van der Waals surface area (Å²) in [5.41, 5.74) is 6.59. The van der Waals surface area contributed by atoms with Gasteiger partial charge in [-0.05, 0) is 42.9 Å². The monoisotopic (exact) mass is 503 g/mol. The number of pyridine rings is 1. The van der Waals surface area contributed by atoms with Crippen LogP contribution in [0.25, 0.3) is 21.1 Å². The van der Waals surface area contributed by atoms with Crippen LogP contribution in [-0.2, 0) is 16.2 Å². The number of hydrogen-bond donors (Lipinski definition) is 2. The summed E-state index contributed by atoms with van der Waals surface area (Å²) in [7, 11) is 1.46. The molecule has 2 aromatic heterocycles. The van der Waals surface area contributed by atoms with Gasteiger partial charge >= 0.3 is 5.97 Å². The van der Waals surface area contributed by atoms with Gasteiger partial charge in [0.15, 0.2) is 0 Å². The van der Waals surface area contributed by atoms with Crippen LogP contribution in [-0.4, -0.2) is 52.1 Å². The van der Waals surface area contributed by atoms with Crippen LogP contribution < -0.4 is 21.6 Å². The van der Waals surface area contributed by atoms with Crippen LogP contribution in [0.1, 0.15) is 31.7 Å². The molecule has 35 heavy (non-hydrogen) atoms. The third kappa shape index (κ3) is 4.10. The zero-order chi connectivity index (χ0) is 24.9. The summed E-state index contributed by atoms with van der Waals surface area (Å²) in [5, 5.41) is 13.2. The standard InChI is InChI=1S/C23H26FN5O5S/c1-34-26-16-11-27(10-12(16)9-25)18-8-17-14(7-15(18)24)21(32)20-22(33)28(6-2-3-19(30)31)35-23(20)29(17)13-4-5-13/h7-8,12-13H,2-6,9-11,25H2,1H3,(H,30,31). The minimum atomic E-state index is -0.942. The van der Waals surface area contributed by atoms with E-state index < -0.39 is 22.8 Å². The number of anilines is 1. The lowest BCUT2D eigenvalue weighted by Crippen LogP contribution is -2.24. The van der Waals surface area contributed by atoms with Gasteiger partial charge in [0.1, 0.15) is 23.1 Å². The first-order valence-corrected chi connectivity index (χ1v) is 12.3. The van der Waals surface area contributed by atoms with Crippen LogP contribution in [0.3, 0.4) is 0 Å². The van der Waals surface area contributed by atoms with Gasteiger partial charge in [-0.25, -0.2) is 4.39 Å². The summed E-state index contributed by atoms with van der Waals surface area (Å²) in [5.74, 6) is -1.56. The highest BCUT2D eigenvalue weighted by Crippen LogP contribution is 2.41. The molecule has 0 spiro atoms.